The Balaban J connectivity index is 2.86. The molecule has 1 aliphatic rings. The lowest BCUT2D eigenvalue weighted by Gasteiger charge is -2.40. The van der Waals surface area contributed by atoms with Gasteiger partial charge in [-0.2, -0.15) is 0 Å². The molecule has 0 aromatic carbocycles. The monoisotopic (exact) mass is 242 g/mol. The molecule has 0 bridgehead atoms. The van der Waals surface area contributed by atoms with E-state index in [4.69, 9.17) is 4.74 Å². The average Bonchev–Trinajstić information content (AvgIpc) is 2.48. The van der Waals surface area contributed by atoms with E-state index >= 15 is 0 Å². The zero-order chi connectivity index (χ0) is 13.1. The number of ether oxygens (including phenoxy) is 1. The number of carbonyl (C=O) groups excluding carboxylic acids is 1. The molecule has 1 aliphatic carbocycles. The molecule has 0 unspecified atom stereocenters. The van der Waals surface area contributed by atoms with Crippen molar-refractivity contribution < 1.29 is 14.6 Å². The van der Waals surface area contributed by atoms with Gasteiger partial charge in [-0.25, -0.2) is 0 Å². The molecule has 0 aromatic rings. The highest BCUT2D eigenvalue weighted by Crippen LogP contribution is 2.52. The largest absolute Gasteiger partial charge is 0.466 e. The maximum atomic E-state index is 11.9. The molecule has 17 heavy (non-hydrogen) atoms. The molecule has 1 saturated carbocycles. The van der Waals surface area contributed by atoms with Gasteiger partial charge in [0.1, 0.15) is 0 Å². The van der Waals surface area contributed by atoms with E-state index in [9.17, 15) is 9.90 Å². The van der Waals surface area contributed by atoms with Gasteiger partial charge in [0.25, 0.3) is 0 Å². The van der Waals surface area contributed by atoms with Gasteiger partial charge in [-0.1, -0.05) is 33.6 Å². The molecule has 100 valence electrons. The molecule has 0 spiro atoms. The van der Waals surface area contributed by atoms with Crippen molar-refractivity contribution in [2.45, 2.75) is 65.4 Å². The number of carbonyl (C=O) groups is 1. The second kappa shape index (κ2) is 5.38. The van der Waals surface area contributed by atoms with Gasteiger partial charge in [-0.05, 0) is 31.6 Å². The lowest BCUT2D eigenvalue weighted by Crippen LogP contribution is -2.48. The van der Waals surface area contributed by atoms with Crippen LogP contribution in [0.5, 0.6) is 0 Å². The van der Waals surface area contributed by atoms with Crippen molar-refractivity contribution in [3.8, 4) is 0 Å². The minimum atomic E-state index is -0.894. The fraction of sp³-hybridized carbons (Fsp3) is 0.929. The zero-order valence-electron chi connectivity index (χ0n) is 11.6. The summed E-state index contributed by atoms with van der Waals surface area (Å²) in [6, 6.07) is 0. The summed E-state index contributed by atoms with van der Waals surface area (Å²) in [4.78, 5) is 11.9. The SMILES string of the molecule is CCCC[C@@]1(O)[C@H](C(=O)OCC)CCC1(C)C. The molecule has 1 N–H and O–H groups in total. The number of rotatable bonds is 5. The summed E-state index contributed by atoms with van der Waals surface area (Å²) < 4.78 is 5.10. The standard InChI is InChI=1S/C14H26O3/c1-5-7-9-14(16)11(12(15)17-6-2)8-10-13(14,3)4/h11,16H,5-10H2,1-4H3/t11-,14+/m0/s1. The topological polar surface area (TPSA) is 46.5 Å². The van der Waals surface area contributed by atoms with Crippen LogP contribution in [0.15, 0.2) is 0 Å². The predicted molar refractivity (Wildman–Crippen MR) is 67.6 cm³/mol. The Morgan fingerprint density at radius 1 is 1.41 bits per heavy atom. The molecule has 2 atom stereocenters. The number of aliphatic hydroxyl groups is 1. The molecule has 1 rings (SSSR count). The summed E-state index contributed by atoms with van der Waals surface area (Å²) in [5.74, 6) is -0.569. The Bertz CT molecular complexity index is 273. The van der Waals surface area contributed by atoms with Crippen molar-refractivity contribution in [1.29, 1.82) is 0 Å². The van der Waals surface area contributed by atoms with Crippen LogP contribution < -0.4 is 0 Å². The number of unbranched alkanes of at least 4 members (excludes halogenated alkanes) is 1. The van der Waals surface area contributed by atoms with Gasteiger partial charge < -0.3 is 9.84 Å². The van der Waals surface area contributed by atoms with Gasteiger partial charge >= 0.3 is 5.97 Å². The molecular weight excluding hydrogens is 216 g/mol. The van der Waals surface area contributed by atoms with Gasteiger partial charge in [0, 0.05) is 0 Å². The maximum absolute atomic E-state index is 11.9. The molecule has 3 heteroatoms. The highest BCUT2D eigenvalue weighted by molar-refractivity contribution is 5.74. The Labute approximate surface area is 105 Å². The van der Waals surface area contributed by atoms with E-state index in [1.54, 1.807) is 0 Å². The van der Waals surface area contributed by atoms with Crippen LogP contribution in [-0.4, -0.2) is 23.3 Å². The van der Waals surface area contributed by atoms with Crippen LogP contribution in [0.3, 0.4) is 0 Å². The summed E-state index contributed by atoms with van der Waals surface area (Å²) in [5, 5.41) is 10.9. The van der Waals surface area contributed by atoms with E-state index in [2.05, 4.69) is 20.8 Å². The second-order valence-corrected chi connectivity index (χ2v) is 5.76. The number of esters is 1. The lowest BCUT2D eigenvalue weighted by atomic mass is 9.71. The maximum Gasteiger partial charge on any atom is 0.311 e. The molecular formula is C14H26O3. The first-order chi connectivity index (χ1) is 7.89. The van der Waals surface area contributed by atoms with E-state index in [1.807, 2.05) is 6.92 Å². The van der Waals surface area contributed by atoms with Crippen molar-refractivity contribution in [3.63, 3.8) is 0 Å². The number of hydrogen-bond acceptors (Lipinski definition) is 3. The van der Waals surface area contributed by atoms with E-state index < -0.39 is 5.60 Å². The van der Waals surface area contributed by atoms with E-state index in [0.29, 0.717) is 13.0 Å². The summed E-state index contributed by atoms with van der Waals surface area (Å²) in [7, 11) is 0. The highest BCUT2D eigenvalue weighted by Gasteiger charge is 2.56. The van der Waals surface area contributed by atoms with Crippen molar-refractivity contribution in [3.05, 3.63) is 0 Å². The van der Waals surface area contributed by atoms with Gasteiger partial charge in [0.15, 0.2) is 0 Å². The van der Waals surface area contributed by atoms with Crippen LogP contribution in [-0.2, 0) is 9.53 Å². The first-order valence-electron chi connectivity index (χ1n) is 6.78. The normalized spacial score (nSPS) is 31.5. The van der Waals surface area contributed by atoms with Crippen molar-refractivity contribution in [2.75, 3.05) is 6.61 Å². The van der Waals surface area contributed by atoms with Crippen molar-refractivity contribution in [2.24, 2.45) is 11.3 Å². The molecule has 0 aromatic heterocycles. The highest BCUT2D eigenvalue weighted by atomic mass is 16.5. The van der Waals surface area contributed by atoms with Crippen molar-refractivity contribution in [1.82, 2.24) is 0 Å². The van der Waals surface area contributed by atoms with Crippen LogP contribution >= 0.6 is 0 Å². The molecule has 3 nitrogen and oxygen atoms in total. The molecule has 0 radical (unpaired) electrons. The first-order valence-corrected chi connectivity index (χ1v) is 6.78. The summed E-state index contributed by atoms with van der Waals surface area (Å²) >= 11 is 0. The fourth-order valence-electron chi connectivity index (χ4n) is 2.95. The smallest absolute Gasteiger partial charge is 0.311 e. The molecule has 1 fully saturated rings. The second-order valence-electron chi connectivity index (χ2n) is 5.76. The molecule has 0 heterocycles. The summed E-state index contributed by atoms with van der Waals surface area (Å²) in [5.41, 5.74) is -1.09. The van der Waals surface area contributed by atoms with Crippen LogP contribution in [0.25, 0.3) is 0 Å². The van der Waals surface area contributed by atoms with E-state index in [-0.39, 0.29) is 17.3 Å². The quantitative estimate of drug-likeness (QED) is 0.754. The summed E-state index contributed by atoms with van der Waals surface area (Å²) in [6.07, 6.45) is 4.31. The van der Waals surface area contributed by atoms with Crippen LogP contribution in [0.1, 0.15) is 59.8 Å². The third kappa shape index (κ3) is 2.65. The third-order valence-electron chi connectivity index (χ3n) is 4.29. The predicted octanol–water partition coefficient (Wildman–Crippen LogP) is 2.91. The van der Waals surface area contributed by atoms with Crippen LogP contribution in [0.4, 0.5) is 0 Å². The van der Waals surface area contributed by atoms with Crippen LogP contribution in [0, 0.1) is 11.3 Å². The van der Waals surface area contributed by atoms with E-state index in [0.717, 1.165) is 25.7 Å². The number of hydrogen-bond donors (Lipinski definition) is 1. The average molecular weight is 242 g/mol. The Morgan fingerprint density at radius 2 is 2.06 bits per heavy atom. The Kier molecular flexibility index (Phi) is 4.59. The van der Waals surface area contributed by atoms with Gasteiger partial charge in [0.05, 0.1) is 18.1 Å². The van der Waals surface area contributed by atoms with E-state index in [1.165, 1.54) is 0 Å². The minimum absolute atomic E-state index is 0.195. The molecule has 0 saturated heterocycles. The van der Waals surface area contributed by atoms with Gasteiger partial charge in [0.2, 0.25) is 0 Å². The minimum Gasteiger partial charge on any atom is -0.466 e. The lowest BCUT2D eigenvalue weighted by molar-refractivity contribution is -0.163. The summed E-state index contributed by atoms with van der Waals surface area (Å²) in [6.45, 7) is 8.41. The van der Waals surface area contributed by atoms with Gasteiger partial charge in [-0.15, -0.1) is 0 Å². The Morgan fingerprint density at radius 3 is 2.59 bits per heavy atom. The Hall–Kier alpha value is -0.570. The van der Waals surface area contributed by atoms with Crippen LogP contribution in [0.2, 0.25) is 0 Å². The zero-order valence-corrected chi connectivity index (χ0v) is 11.6. The fourth-order valence-corrected chi connectivity index (χ4v) is 2.95. The van der Waals surface area contributed by atoms with Crippen molar-refractivity contribution >= 4 is 5.97 Å². The third-order valence-corrected chi connectivity index (χ3v) is 4.29. The first kappa shape index (κ1) is 14.5. The molecule has 0 amide bonds. The molecule has 0 aliphatic heterocycles. The van der Waals surface area contributed by atoms with Gasteiger partial charge in [-0.3, -0.25) is 4.79 Å².